The molecule has 20 heavy (non-hydrogen) atoms. The number of rotatable bonds is 7. The highest BCUT2D eigenvalue weighted by molar-refractivity contribution is 5.79. The highest BCUT2D eigenvalue weighted by atomic mass is 16.4. The number of nitrogens with zero attached hydrogens (tertiary/aromatic N) is 1. The van der Waals surface area contributed by atoms with Crippen molar-refractivity contribution in [2.75, 3.05) is 13.6 Å². The summed E-state index contributed by atoms with van der Waals surface area (Å²) in [6.07, 6.45) is 0. The zero-order valence-corrected chi connectivity index (χ0v) is 12.2. The van der Waals surface area contributed by atoms with E-state index in [2.05, 4.69) is 5.32 Å². The largest absolute Gasteiger partial charge is 0.480 e. The first-order valence-electron chi connectivity index (χ1n) is 6.66. The summed E-state index contributed by atoms with van der Waals surface area (Å²) >= 11 is 0. The third-order valence-electron chi connectivity index (χ3n) is 3.09. The summed E-state index contributed by atoms with van der Waals surface area (Å²) in [5, 5.41) is 11.8. The van der Waals surface area contributed by atoms with E-state index in [0.29, 0.717) is 6.54 Å². The number of carboxylic acids is 1. The molecule has 0 spiro atoms. The fraction of sp³-hybridized carbons (Fsp3) is 0.467. The first kappa shape index (κ1) is 16.2. The molecule has 5 nitrogen and oxygen atoms in total. The number of nitrogens with one attached hydrogen (secondary N) is 1. The molecule has 0 radical (unpaired) electrons. The highest BCUT2D eigenvalue weighted by Crippen LogP contribution is 2.04. The molecule has 5 heteroatoms. The Kier molecular flexibility index (Phi) is 6.18. The van der Waals surface area contributed by atoms with Crippen LogP contribution in [-0.2, 0) is 16.1 Å². The van der Waals surface area contributed by atoms with Crippen LogP contribution in [0.1, 0.15) is 19.4 Å². The van der Waals surface area contributed by atoms with Crippen molar-refractivity contribution in [2.24, 2.45) is 5.92 Å². The second-order valence-electron chi connectivity index (χ2n) is 5.18. The van der Waals surface area contributed by atoms with Gasteiger partial charge in [0.25, 0.3) is 0 Å². The zero-order chi connectivity index (χ0) is 15.1. The van der Waals surface area contributed by atoms with Gasteiger partial charge in [-0.1, -0.05) is 44.2 Å². The molecule has 0 heterocycles. The molecular weight excluding hydrogens is 256 g/mol. The van der Waals surface area contributed by atoms with E-state index in [1.807, 2.05) is 44.2 Å². The molecule has 0 fully saturated rings. The summed E-state index contributed by atoms with van der Waals surface area (Å²) < 4.78 is 0. The lowest BCUT2D eigenvalue weighted by atomic mass is 10.1. The minimum Gasteiger partial charge on any atom is -0.480 e. The number of amides is 1. The summed E-state index contributed by atoms with van der Waals surface area (Å²) in [5.74, 6) is -1.13. The Morgan fingerprint density at radius 1 is 1.25 bits per heavy atom. The Hall–Kier alpha value is -1.88. The average molecular weight is 278 g/mol. The Labute approximate surface area is 119 Å². The van der Waals surface area contributed by atoms with E-state index < -0.39 is 12.0 Å². The molecular formula is C15H22N2O3. The van der Waals surface area contributed by atoms with Gasteiger partial charge in [-0.25, -0.2) is 0 Å². The molecule has 1 aromatic carbocycles. The maximum atomic E-state index is 12.0. The number of carbonyl (C=O) groups is 2. The summed E-state index contributed by atoms with van der Waals surface area (Å²) in [6, 6.07) is 8.96. The molecule has 1 amide bonds. The lowest BCUT2D eigenvalue weighted by Crippen LogP contribution is -2.46. The van der Waals surface area contributed by atoms with Crippen LogP contribution in [0.3, 0.4) is 0 Å². The van der Waals surface area contributed by atoms with E-state index in [9.17, 15) is 9.59 Å². The Balaban J connectivity index is 2.48. The normalized spacial score (nSPS) is 12.2. The second-order valence-corrected chi connectivity index (χ2v) is 5.18. The van der Waals surface area contributed by atoms with Crippen LogP contribution >= 0.6 is 0 Å². The van der Waals surface area contributed by atoms with E-state index in [1.165, 1.54) is 0 Å². The number of carbonyl (C=O) groups excluding carboxylic acids is 1. The van der Waals surface area contributed by atoms with E-state index in [-0.39, 0.29) is 18.4 Å². The van der Waals surface area contributed by atoms with Crippen LogP contribution in [-0.4, -0.2) is 41.5 Å². The molecule has 0 aliphatic rings. The van der Waals surface area contributed by atoms with E-state index in [0.717, 1.165) is 5.56 Å². The minimum atomic E-state index is -0.932. The molecule has 1 unspecified atom stereocenters. The van der Waals surface area contributed by atoms with E-state index in [1.54, 1.807) is 11.9 Å². The first-order valence-corrected chi connectivity index (χ1v) is 6.66. The van der Waals surface area contributed by atoms with Gasteiger partial charge in [0.2, 0.25) is 5.91 Å². The van der Waals surface area contributed by atoms with Gasteiger partial charge in [-0.3, -0.25) is 14.9 Å². The molecule has 0 aliphatic heterocycles. The van der Waals surface area contributed by atoms with Crippen molar-refractivity contribution in [3.8, 4) is 0 Å². The van der Waals surface area contributed by atoms with Crippen LogP contribution in [0.2, 0.25) is 0 Å². The SMILES string of the molecule is CC(C)C(NCC(=O)N(C)Cc1ccccc1)C(=O)O. The van der Waals surface area contributed by atoms with Crippen molar-refractivity contribution in [3.05, 3.63) is 35.9 Å². The van der Waals surface area contributed by atoms with Crippen molar-refractivity contribution < 1.29 is 14.7 Å². The molecule has 0 saturated heterocycles. The third kappa shape index (κ3) is 5.01. The fourth-order valence-corrected chi connectivity index (χ4v) is 1.89. The summed E-state index contributed by atoms with van der Waals surface area (Å²) in [5.41, 5.74) is 1.04. The Bertz CT molecular complexity index is 446. The third-order valence-corrected chi connectivity index (χ3v) is 3.09. The van der Waals surface area contributed by atoms with Gasteiger partial charge < -0.3 is 10.0 Å². The average Bonchev–Trinajstić information content (AvgIpc) is 2.38. The second kappa shape index (κ2) is 7.65. The van der Waals surface area contributed by atoms with Crippen LogP contribution < -0.4 is 5.32 Å². The summed E-state index contributed by atoms with van der Waals surface area (Å²) in [4.78, 5) is 24.6. The van der Waals surface area contributed by atoms with Crippen LogP contribution in [0.5, 0.6) is 0 Å². The number of aliphatic carboxylic acids is 1. The molecule has 1 aromatic rings. The molecule has 1 rings (SSSR count). The molecule has 0 aromatic heterocycles. The monoisotopic (exact) mass is 278 g/mol. The molecule has 110 valence electrons. The van der Waals surface area contributed by atoms with Gasteiger partial charge in [0.15, 0.2) is 0 Å². The smallest absolute Gasteiger partial charge is 0.320 e. The number of hydrogen-bond donors (Lipinski definition) is 2. The first-order chi connectivity index (χ1) is 9.41. The quantitative estimate of drug-likeness (QED) is 0.790. The fourth-order valence-electron chi connectivity index (χ4n) is 1.89. The summed E-state index contributed by atoms with van der Waals surface area (Å²) in [6.45, 7) is 4.16. The van der Waals surface area contributed by atoms with Crippen molar-refractivity contribution >= 4 is 11.9 Å². The van der Waals surface area contributed by atoms with E-state index in [4.69, 9.17) is 5.11 Å². The van der Waals surface area contributed by atoms with Gasteiger partial charge in [-0.05, 0) is 11.5 Å². The number of likely N-dealkylation sites (N-methyl/N-ethyl adjacent to an activating group) is 1. The van der Waals surface area contributed by atoms with Crippen LogP contribution in [0.15, 0.2) is 30.3 Å². The zero-order valence-electron chi connectivity index (χ0n) is 12.2. The van der Waals surface area contributed by atoms with Crippen LogP contribution in [0.4, 0.5) is 0 Å². The standard InChI is InChI=1S/C15H22N2O3/c1-11(2)14(15(19)20)16-9-13(18)17(3)10-12-7-5-4-6-8-12/h4-8,11,14,16H,9-10H2,1-3H3,(H,19,20). The number of carboxylic acid groups (broad SMARTS) is 1. The molecule has 0 saturated carbocycles. The van der Waals surface area contributed by atoms with Crippen molar-refractivity contribution in [2.45, 2.75) is 26.4 Å². The highest BCUT2D eigenvalue weighted by Gasteiger charge is 2.22. The minimum absolute atomic E-state index is 0.0263. The lowest BCUT2D eigenvalue weighted by molar-refractivity contribution is -0.141. The van der Waals surface area contributed by atoms with Gasteiger partial charge in [0, 0.05) is 13.6 Å². The topological polar surface area (TPSA) is 69.6 Å². The maximum Gasteiger partial charge on any atom is 0.320 e. The van der Waals surface area contributed by atoms with Gasteiger partial charge in [-0.15, -0.1) is 0 Å². The van der Waals surface area contributed by atoms with Gasteiger partial charge in [0.1, 0.15) is 6.04 Å². The summed E-state index contributed by atoms with van der Waals surface area (Å²) in [7, 11) is 1.71. The number of benzene rings is 1. The van der Waals surface area contributed by atoms with Gasteiger partial charge in [-0.2, -0.15) is 0 Å². The van der Waals surface area contributed by atoms with Crippen molar-refractivity contribution in [3.63, 3.8) is 0 Å². The van der Waals surface area contributed by atoms with E-state index >= 15 is 0 Å². The Morgan fingerprint density at radius 3 is 2.35 bits per heavy atom. The molecule has 1 atom stereocenters. The van der Waals surface area contributed by atoms with Crippen molar-refractivity contribution in [1.82, 2.24) is 10.2 Å². The lowest BCUT2D eigenvalue weighted by Gasteiger charge is -2.21. The Morgan fingerprint density at radius 2 is 1.85 bits per heavy atom. The maximum absolute atomic E-state index is 12.0. The van der Waals surface area contributed by atoms with Crippen LogP contribution in [0, 0.1) is 5.92 Å². The predicted molar refractivity (Wildman–Crippen MR) is 77.2 cm³/mol. The van der Waals surface area contributed by atoms with Crippen molar-refractivity contribution in [1.29, 1.82) is 0 Å². The molecule has 0 bridgehead atoms. The molecule has 2 N–H and O–H groups in total. The number of hydrogen-bond acceptors (Lipinski definition) is 3. The van der Waals surface area contributed by atoms with Gasteiger partial charge >= 0.3 is 5.97 Å². The predicted octanol–water partition coefficient (Wildman–Crippen LogP) is 1.34. The molecule has 0 aliphatic carbocycles. The van der Waals surface area contributed by atoms with Crippen LogP contribution in [0.25, 0.3) is 0 Å². The van der Waals surface area contributed by atoms with Gasteiger partial charge in [0.05, 0.1) is 6.54 Å².